The van der Waals surface area contributed by atoms with Crippen LogP contribution in [-0.4, -0.2) is 9.55 Å². The molecule has 3 rings (SSSR count). The molecule has 2 heteroatoms. The first kappa shape index (κ1) is 8.04. The predicted molar refractivity (Wildman–Crippen MR) is 57.5 cm³/mol. The van der Waals surface area contributed by atoms with Crippen LogP contribution in [-0.2, 0) is 6.54 Å². The van der Waals surface area contributed by atoms with Gasteiger partial charge in [0.2, 0.25) is 0 Å². The molecule has 0 fully saturated rings. The summed E-state index contributed by atoms with van der Waals surface area (Å²) in [5, 5.41) is 0. The molecule has 2 heterocycles. The Bertz CT molecular complexity index is 496. The molecule has 1 aromatic carbocycles. The number of hydrogen-bond acceptors (Lipinski definition) is 1. The molecule has 1 unspecified atom stereocenters. The second-order valence-corrected chi connectivity index (χ2v) is 4.22. The highest BCUT2D eigenvalue weighted by atomic mass is 15.1. The summed E-state index contributed by atoms with van der Waals surface area (Å²) in [6, 6.07) is 6.47. The van der Waals surface area contributed by atoms with E-state index in [9.17, 15) is 0 Å². The van der Waals surface area contributed by atoms with Gasteiger partial charge in [0.25, 0.3) is 0 Å². The van der Waals surface area contributed by atoms with Gasteiger partial charge in [0, 0.05) is 6.54 Å². The maximum atomic E-state index is 4.58. The normalized spacial score (nSPS) is 20.3. The highest BCUT2D eigenvalue weighted by molar-refractivity contribution is 5.80. The van der Waals surface area contributed by atoms with E-state index in [1.54, 1.807) is 0 Å². The Labute approximate surface area is 83.6 Å². The van der Waals surface area contributed by atoms with E-state index in [0.717, 1.165) is 17.9 Å². The van der Waals surface area contributed by atoms with Crippen LogP contribution in [0.1, 0.15) is 30.7 Å². The minimum atomic E-state index is 0.683. The SMILES string of the molecule is Cc1nc2cccc3c2n1CCC3C. The van der Waals surface area contributed by atoms with Gasteiger partial charge >= 0.3 is 0 Å². The van der Waals surface area contributed by atoms with Gasteiger partial charge in [-0.2, -0.15) is 0 Å². The number of imidazole rings is 1. The van der Waals surface area contributed by atoms with E-state index in [1.807, 2.05) is 0 Å². The zero-order valence-corrected chi connectivity index (χ0v) is 8.62. The molecule has 0 aliphatic carbocycles. The fourth-order valence-electron chi connectivity index (χ4n) is 2.48. The second-order valence-electron chi connectivity index (χ2n) is 4.22. The Hall–Kier alpha value is -1.31. The summed E-state index contributed by atoms with van der Waals surface area (Å²) in [7, 11) is 0. The fraction of sp³-hybridized carbons (Fsp3) is 0.417. The Kier molecular flexibility index (Phi) is 1.49. The molecule has 1 aromatic heterocycles. The quantitative estimate of drug-likeness (QED) is 0.618. The number of nitrogens with zero attached hydrogens (tertiary/aromatic N) is 2. The molecule has 0 radical (unpaired) electrons. The third kappa shape index (κ3) is 0.884. The second kappa shape index (κ2) is 2.59. The van der Waals surface area contributed by atoms with E-state index in [1.165, 1.54) is 17.5 Å². The molecular weight excluding hydrogens is 172 g/mol. The smallest absolute Gasteiger partial charge is 0.106 e. The van der Waals surface area contributed by atoms with Crippen molar-refractivity contribution in [2.24, 2.45) is 0 Å². The van der Waals surface area contributed by atoms with Gasteiger partial charge < -0.3 is 4.57 Å². The minimum absolute atomic E-state index is 0.683. The molecule has 0 amide bonds. The monoisotopic (exact) mass is 186 g/mol. The number of aryl methyl sites for hydroxylation is 2. The summed E-state index contributed by atoms with van der Waals surface area (Å²) in [5.74, 6) is 1.83. The molecular formula is C12H14N2. The lowest BCUT2D eigenvalue weighted by molar-refractivity contribution is 0.551. The van der Waals surface area contributed by atoms with Crippen molar-refractivity contribution in [3.8, 4) is 0 Å². The van der Waals surface area contributed by atoms with Gasteiger partial charge in [-0.1, -0.05) is 19.1 Å². The van der Waals surface area contributed by atoms with Gasteiger partial charge in [0.05, 0.1) is 11.0 Å². The Morgan fingerprint density at radius 1 is 1.43 bits per heavy atom. The van der Waals surface area contributed by atoms with Gasteiger partial charge in [-0.15, -0.1) is 0 Å². The topological polar surface area (TPSA) is 17.8 Å². The van der Waals surface area contributed by atoms with Crippen molar-refractivity contribution < 1.29 is 0 Å². The van der Waals surface area contributed by atoms with Crippen LogP contribution in [0.25, 0.3) is 11.0 Å². The van der Waals surface area contributed by atoms with Crippen molar-refractivity contribution in [1.29, 1.82) is 0 Å². The summed E-state index contributed by atoms with van der Waals surface area (Å²) in [6.45, 7) is 5.53. The third-order valence-corrected chi connectivity index (χ3v) is 3.31. The molecule has 0 bridgehead atoms. The van der Waals surface area contributed by atoms with Crippen LogP contribution in [0.15, 0.2) is 18.2 Å². The van der Waals surface area contributed by atoms with Crippen LogP contribution in [0.5, 0.6) is 0 Å². The molecule has 72 valence electrons. The maximum Gasteiger partial charge on any atom is 0.106 e. The maximum absolute atomic E-state index is 4.58. The lowest BCUT2D eigenvalue weighted by Gasteiger charge is -2.21. The van der Waals surface area contributed by atoms with E-state index in [-0.39, 0.29) is 0 Å². The predicted octanol–water partition coefficient (Wildman–Crippen LogP) is 2.85. The minimum Gasteiger partial charge on any atom is -0.328 e. The summed E-state index contributed by atoms with van der Waals surface area (Å²) in [4.78, 5) is 4.58. The molecule has 0 N–H and O–H groups in total. The summed E-state index contributed by atoms with van der Waals surface area (Å²) >= 11 is 0. The molecule has 1 aliphatic rings. The lowest BCUT2D eigenvalue weighted by Crippen LogP contribution is -2.11. The van der Waals surface area contributed by atoms with Crippen LogP contribution in [0.4, 0.5) is 0 Å². The van der Waals surface area contributed by atoms with Gasteiger partial charge in [-0.05, 0) is 30.9 Å². The van der Waals surface area contributed by atoms with Crippen molar-refractivity contribution in [3.63, 3.8) is 0 Å². The van der Waals surface area contributed by atoms with Crippen molar-refractivity contribution in [1.82, 2.24) is 9.55 Å². The Morgan fingerprint density at radius 3 is 3.14 bits per heavy atom. The van der Waals surface area contributed by atoms with Crippen molar-refractivity contribution in [2.75, 3.05) is 0 Å². The number of hydrogen-bond donors (Lipinski definition) is 0. The summed E-state index contributed by atoms with van der Waals surface area (Å²) in [6.07, 6.45) is 1.24. The van der Waals surface area contributed by atoms with E-state index >= 15 is 0 Å². The molecule has 2 nitrogen and oxygen atoms in total. The van der Waals surface area contributed by atoms with Crippen LogP contribution < -0.4 is 0 Å². The molecule has 1 atom stereocenters. The number of para-hydroxylation sites is 1. The van der Waals surface area contributed by atoms with E-state index < -0.39 is 0 Å². The average Bonchev–Trinajstić information content (AvgIpc) is 2.50. The van der Waals surface area contributed by atoms with Gasteiger partial charge in [-0.3, -0.25) is 0 Å². The first-order valence-electron chi connectivity index (χ1n) is 5.23. The van der Waals surface area contributed by atoms with Crippen LogP contribution in [0.3, 0.4) is 0 Å². The molecule has 0 saturated heterocycles. The van der Waals surface area contributed by atoms with Crippen LogP contribution in [0, 0.1) is 6.92 Å². The summed E-state index contributed by atoms with van der Waals surface area (Å²) < 4.78 is 2.35. The van der Waals surface area contributed by atoms with E-state index in [0.29, 0.717) is 5.92 Å². The highest BCUT2D eigenvalue weighted by Crippen LogP contribution is 2.33. The molecule has 1 aliphatic heterocycles. The standard InChI is InChI=1S/C12H14N2/c1-8-6-7-14-9(2)13-11-5-3-4-10(8)12(11)14/h3-5,8H,6-7H2,1-2H3. The van der Waals surface area contributed by atoms with Gasteiger partial charge in [-0.25, -0.2) is 4.98 Å². The average molecular weight is 186 g/mol. The number of rotatable bonds is 0. The molecule has 2 aromatic rings. The van der Waals surface area contributed by atoms with Gasteiger partial charge in [0.1, 0.15) is 5.82 Å². The first-order chi connectivity index (χ1) is 6.77. The number of benzene rings is 1. The zero-order chi connectivity index (χ0) is 9.71. The number of aromatic nitrogens is 2. The van der Waals surface area contributed by atoms with Gasteiger partial charge in [0.15, 0.2) is 0 Å². The third-order valence-electron chi connectivity index (χ3n) is 3.31. The molecule has 14 heavy (non-hydrogen) atoms. The van der Waals surface area contributed by atoms with Crippen LogP contribution >= 0.6 is 0 Å². The lowest BCUT2D eigenvalue weighted by atomic mass is 9.94. The fourth-order valence-corrected chi connectivity index (χ4v) is 2.48. The zero-order valence-electron chi connectivity index (χ0n) is 8.62. The first-order valence-corrected chi connectivity index (χ1v) is 5.23. The molecule has 0 spiro atoms. The Morgan fingerprint density at radius 2 is 2.29 bits per heavy atom. The van der Waals surface area contributed by atoms with Crippen molar-refractivity contribution in [2.45, 2.75) is 32.7 Å². The van der Waals surface area contributed by atoms with E-state index in [4.69, 9.17) is 0 Å². The molecule has 0 saturated carbocycles. The van der Waals surface area contributed by atoms with E-state index in [2.05, 4.69) is 41.6 Å². The van der Waals surface area contributed by atoms with Crippen LogP contribution in [0.2, 0.25) is 0 Å². The Balaban J connectivity index is 2.47. The summed E-state index contributed by atoms with van der Waals surface area (Å²) in [5.41, 5.74) is 3.99. The highest BCUT2D eigenvalue weighted by Gasteiger charge is 2.20. The van der Waals surface area contributed by atoms with Crippen molar-refractivity contribution >= 4 is 11.0 Å². The van der Waals surface area contributed by atoms with Crippen molar-refractivity contribution in [3.05, 3.63) is 29.6 Å². The largest absolute Gasteiger partial charge is 0.328 e.